The third-order valence-electron chi connectivity index (χ3n) is 6.51. The van der Waals surface area contributed by atoms with Crippen molar-refractivity contribution in [1.29, 1.82) is 5.26 Å². The molecule has 1 N–H and O–H groups in total. The highest BCUT2D eigenvalue weighted by atomic mass is 16.5. The van der Waals surface area contributed by atoms with E-state index < -0.39 is 0 Å². The molecule has 7 heteroatoms. The molecular formula is C26H33N5O2. The molecule has 0 radical (unpaired) electrons. The first-order valence-electron chi connectivity index (χ1n) is 11.8. The fourth-order valence-corrected chi connectivity index (χ4v) is 4.63. The number of carbonyl (C=O) groups is 1. The van der Waals surface area contributed by atoms with Crippen molar-refractivity contribution in [3.63, 3.8) is 0 Å². The van der Waals surface area contributed by atoms with Gasteiger partial charge in [0.25, 0.3) is 0 Å². The number of pyridine rings is 1. The number of anilines is 1. The van der Waals surface area contributed by atoms with Crippen molar-refractivity contribution >= 4 is 11.7 Å². The zero-order valence-electron chi connectivity index (χ0n) is 19.9. The summed E-state index contributed by atoms with van der Waals surface area (Å²) in [6, 6.07) is 12.4. The Hall–Kier alpha value is -2.95. The second kappa shape index (κ2) is 9.90. The van der Waals surface area contributed by atoms with Gasteiger partial charge in [-0.05, 0) is 31.4 Å². The lowest BCUT2D eigenvalue weighted by molar-refractivity contribution is -0.122. The third kappa shape index (κ3) is 5.35. The maximum atomic E-state index is 12.4. The number of nitrogens with one attached hydrogen (secondary N) is 1. The highest BCUT2D eigenvalue weighted by molar-refractivity contribution is 5.78. The van der Waals surface area contributed by atoms with E-state index >= 15 is 0 Å². The summed E-state index contributed by atoms with van der Waals surface area (Å²) in [5, 5.41) is 13.0. The summed E-state index contributed by atoms with van der Waals surface area (Å²) >= 11 is 0. The van der Waals surface area contributed by atoms with E-state index in [0.29, 0.717) is 25.3 Å². The Morgan fingerprint density at radius 1 is 1.18 bits per heavy atom. The first-order chi connectivity index (χ1) is 15.9. The molecule has 7 nitrogen and oxygen atoms in total. The highest BCUT2D eigenvalue weighted by Gasteiger charge is 2.33. The Balaban J connectivity index is 1.41. The van der Waals surface area contributed by atoms with Crippen LogP contribution in [0.2, 0.25) is 0 Å². The number of nitrogens with zero attached hydrogens (tertiary/aromatic N) is 4. The van der Waals surface area contributed by atoms with Crippen molar-refractivity contribution < 1.29 is 9.53 Å². The second-order valence-electron chi connectivity index (χ2n) is 9.43. The van der Waals surface area contributed by atoms with Crippen molar-refractivity contribution in [3.8, 4) is 6.07 Å². The molecule has 0 aliphatic carbocycles. The second-order valence-corrected chi connectivity index (χ2v) is 9.43. The van der Waals surface area contributed by atoms with E-state index in [1.54, 1.807) is 0 Å². The smallest absolute Gasteiger partial charge is 0.234 e. The zero-order valence-corrected chi connectivity index (χ0v) is 19.9. The Labute approximate surface area is 196 Å². The van der Waals surface area contributed by atoms with Crippen LogP contribution in [-0.2, 0) is 35.5 Å². The zero-order chi connectivity index (χ0) is 23.4. The van der Waals surface area contributed by atoms with E-state index in [2.05, 4.69) is 42.0 Å². The number of rotatable bonds is 6. The van der Waals surface area contributed by atoms with Gasteiger partial charge in [0.1, 0.15) is 11.9 Å². The Kier molecular flexibility index (Phi) is 6.96. The summed E-state index contributed by atoms with van der Waals surface area (Å²) in [6.07, 6.45) is 1.53. The van der Waals surface area contributed by atoms with Crippen LogP contribution in [0, 0.1) is 11.3 Å². The third-order valence-corrected chi connectivity index (χ3v) is 6.51. The van der Waals surface area contributed by atoms with Crippen LogP contribution in [0.4, 0.5) is 5.82 Å². The van der Waals surface area contributed by atoms with E-state index in [0.717, 1.165) is 67.2 Å². The number of benzene rings is 1. The van der Waals surface area contributed by atoms with Gasteiger partial charge >= 0.3 is 0 Å². The number of ether oxygens (including phenoxy) is 1. The van der Waals surface area contributed by atoms with Crippen molar-refractivity contribution in [2.75, 3.05) is 37.6 Å². The van der Waals surface area contributed by atoms with Crippen molar-refractivity contribution in [1.82, 2.24) is 15.2 Å². The molecule has 3 heterocycles. The summed E-state index contributed by atoms with van der Waals surface area (Å²) in [4.78, 5) is 21.7. The van der Waals surface area contributed by atoms with Gasteiger partial charge in [-0.2, -0.15) is 5.26 Å². The largest absolute Gasteiger partial charge is 0.370 e. The maximum Gasteiger partial charge on any atom is 0.234 e. The monoisotopic (exact) mass is 447 g/mol. The molecule has 2 aliphatic heterocycles. The number of amides is 1. The molecule has 174 valence electrons. The summed E-state index contributed by atoms with van der Waals surface area (Å²) < 4.78 is 6.01. The van der Waals surface area contributed by atoms with Crippen LogP contribution in [-0.4, -0.2) is 54.1 Å². The minimum absolute atomic E-state index is 0.0347. The van der Waals surface area contributed by atoms with Gasteiger partial charge in [0, 0.05) is 50.4 Å². The molecule has 0 unspecified atom stereocenters. The van der Waals surface area contributed by atoms with Crippen molar-refractivity contribution in [3.05, 3.63) is 58.3 Å². The molecule has 1 aromatic heterocycles. The molecule has 1 fully saturated rings. The fraction of sp³-hybridized carbons (Fsp3) is 0.500. The topological polar surface area (TPSA) is 81.5 Å². The van der Waals surface area contributed by atoms with E-state index in [9.17, 15) is 10.1 Å². The van der Waals surface area contributed by atoms with Gasteiger partial charge in [0.2, 0.25) is 5.91 Å². The normalized spacial score (nSPS) is 17.8. The lowest BCUT2D eigenvalue weighted by Crippen LogP contribution is -2.50. The molecule has 0 saturated carbocycles. The van der Waals surface area contributed by atoms with Crippen LogP contribution < -0.4 is 10.2 Å². The van der Waals surface area contributed by atoms with Crippen molar-refractivity contribution in [2.45, 2.75) is 52.4 Å². The van der Waals surface area contributed by atoms with Gasteiger partial charge in [-0.1, -0.05) is 37.3 Å². The molecule has 1 aromatic carbocycles. The SMILES string of the molecule is CCc1nc(N2CCN(CC(=O)NCc3ccccc3)CC2)c(C#N)c2c1COC(C)(C)C2. The molecule has 0 bridgehead atoms. The van der Waals surface area contributed by atoms with Crippen LogP contribution in [0.3, 0.4) is 0 Å². The highest BCUT2D eigenvalue weighted by Crippen LogP contribution is 2.35. The van der Waals surface area contributed by atoms with Crippen LogP contribution in [0.15, 0.2) is 30.3 Å². The number of hydrogen-bond donors (Lipinski definition) is 1. The number of hydrogen-bond acceptors (Lipinski definition) is 6. The van der Waals surface area contributed by atoms with Crippen LogP contribution >= 0.6 is 0 Å². The standard InChI is InChI=1S/C26H33N5O2/c1-4-23-22-18-33-26(2,3)14-20(22)21(15-27)25(29-23)31-12-10-30(11-13-31)17-24(32)28-16-19-8-6-5-7-9-19/h5-9H,4,10-14,16-18H2,1-3H3,(H,28,32). The van der Waals surface area contributed by atoms with Crippen molar-refractivity contribution in [2.24, 2.45) is 0 Å². The van der Waals surface area contributed by atoms with E-state index in [4.69, 9.17) is 9.72 Å². The fourth-order valence-electron chi connectivity index (χ4n) is 4.63. The number of fused-ring (bicyclic) bond motifs is 1. The van der Waals surface area contributed by atoms with Gasteiger partial charge in [-0.15, -0.1) is 0 Å². The predicted molar refractivity (Wildman–Crippen MR) is 128 cm³/mol. The quantitative estimate of drug-likeness (QED) is 0.733. The molecule has 4 rings (SSSR count). The maximum absolute atomic E-state index is 12.4. The minimum atomic E-state index is -0.284. The van der Waals surface area contributed by atoms with Gasteiger partial charge in [0.15, 0.2) is 0 Å². The molecular weight excluding hydrogens is 414 g/mol. The molecule has 1 saturated heterocycles. The van der Waals surface area contributed by atoms with Gasteiger partial charge in [-0.25, -0.2) is 4.98 Å². The van der Waals surface area contributed by atoms with Gasteiger partial charge in [0.05, 0.1) is 24.3 Å². The molecule has 1 amide bonds. The molecule has 0 spiro atoms. The Morgan fingerprint density at radius 2 is 1.91 bits per heavy atom. The van der Waals surface area contributed by atoms with E-state index in [1.807, 2.05) is 30.3 Å². The first kappa shape index (κ1) is 23.2. The van der Waals surface area contributed by atoms with Gasteiger partial charge in [-0.3, -0.25) is 9.69 Å². The average molecular weight is 448 g/mol. The summed E-state index contributed by atoms with van der Waals surface area (Å²) in [6.45, 7) is 10.7. The van der Waals surface area contributed by atoms with Crippen LogP contribution in [0.5, 0.6) is 0 Å². The number of nitriles is 1. The molecule has 33 heavy (non-hydrogen) atoms. The predicted octanol–water partition coefficient (Wildman–Crippen LogP) is 2.81. The first-order valence-corrected chi connectivity index (χ1v) is 11.8. The minimum Gasteiger partial charge on any atom is -0.370 e. The number of piperazine rings is 1. The van der Waals surface area contributed by atoms with E-state index in [-0.39, 0.29) is 11.5 Å². The summed E-state index contributed by atoms with van der Waals surface area (Å²) in [5.41, 5.74) is 4.71. The Bertz CT molecular complexity index is 1040. The van der Waals surface area contributed by atoms with Gasteiger partial charge < -0.3 is 15.0 Å². The summed E-state index contributed by atoms with van der Waals surface area (Å²) in [7, 11) is 0. The van der Waals surface area contributed by atoms with Crippen LogP contribution in [0.25, 0.3) is 0 Å². The Morgan fingerprint density at radius 3 is 2.58 bits per heavy atom. The lowest BCUT2D eigenvalue weighted by atomic mass is 9.87. The number of aryl methyl sites for hydroxylation is 1. The molecule has 2 aliphatic rings. The lowest BCUT2D eigenvalue weighted by Gasteiger charge is -2.38. The summed E-state index contributed by atoms with van der Waals surface area (Å²) in [5.74, 6) is 0.825. The molecule has 2 aromatic rings. The number of aromatic nitrogens is 1. The van der Waals surface area contributed by atoms with E-state index in [1.165, 1.54) is 0 Å². The molecule has 0 atom stereocenters. The number of carbonyl (C=O) groups excluding carboxylic acids is 1. The average Bonchev–Trinajstić information content (AvgIpc) is 2.82. The van der Waals surface area contributed by atoms with Crippen LogP contribution in [0.1, 0.15) is 48.7 Å².